The molecule has 34 heavy (non-hydrogen) atoms. The Balaban J connectivity index is 1.46. The van der Waals surface area contributed by atoms with Crippen molar-refractivity contribution in [3.63, 3.8) is 0 Å². The lowest BCUT2D eigenvalue weighted by molar-refractivity contribution is -0.290. The van der Waals surface area contributed by atoms with Crippen LogP contribution in [0.4, 0.5) is 26.3 Å². The molecule has 0 aromatic heterocycles. The van der Waals surface area contributed by atoms with Gasteiger partial charge in [-0.2, -0.15) is 26.3 Å². The first-order chi connectivity index (χ1) is 15.5. The van der Waals surface area contributed by atoms with Crippen LogP contribution in [0.1, 0.15) is 91.4 Å². The highest BCUT2D eigenvalue weighted by Gasteiger charge is 2.65. The van der Waals surface area contributed by atoms with Gasteiger partial charge in [0.1, 0.15) is 6.10 Å². The number of alkyl halides is 6. The first kappa shape index (κ1) is 26.6. The van der Waals surface area contributed by atoms with Gasteiger partial charge in [0.2, 0.25) is 0 Å². The molecular formula is C26H40F6O2. The third-order valence-electron chi connectivity index (χ3n) is 11.3. The van der Waals surface area contributed by atoms with Crippen molar-refractivity contribution >= 4 is 0 Å². The zero-order chi connectivity index (χ0) is 25.3. The molecule has 8 heteroatoms. The molecule has 0 heterocycles. The van der Waals surface area contributed by atoms with Crippen molar-refractivity contribution in [2.75, 3.05) is 0 Å². The Bertz CT molecular complexity index is 753. The lowest BCUT2D eigenvalue weighted by Gasteiger charge is -2.62. The lowest BCUT2D eigenvalue weighted by atomic mass is 9.43. The maximum atomic E-state index is 13.5. The molecular weight excluding hydrogens is 458 g/mol. The van der Waals surface area contributed by atoms with E-state index in [1.807, 2.05) is 6.92 Å². The van der Waals surface area contributed by atoms with Crippen molar-refractivity contribution in [3.05, 3.63) is 0 Å². The molecule has 4 rings (SSSR count). The fourth-order valence-corrected chi connectivity index (χ4v) is 9.26. The van der Waals surface area contributed by atoms with Crippen molar-refractivity contribution in [1.29, 1.82) is 0 Å². The minimum Gasteiger partial charge on any atom is -0.384 e. The SMILES string of the molecule is C[C@H](CCC(O)C(F)(F)F)[C@H]1CC[C@H]2[C@@H]3CC[C@H]4C[C@](O)(C(F)(F)F)CC[C@]4(C)[C@H]3CC[C@]12C. The zero-order valence-electron chi connectivity index (χ0n) is 20.5. The third kappa shape index (κ3) is 4.20. The van der Waals surface area contributed by atoms with Gasteiger partial charge in [0.15, 0.2) is 5.60 Å². The predicted octanol–water partition coefficient (Wildman–Crippen LogP) is 7.28. The molecule has 0 aromatic carbocycles. The molecule has 10 atom stereocenters. The Morgan fingerprint density at radius 2 is 1.47 bits per heavy atom. The Kier molecular flexibility index (Phi) is 6.66. The second kappa shape index (κ2) is 8.53. The number of rotatable bonds is 4. The fourth-order valence-electron chi connectivity index (χ4n) is 9.26. The van der Waals surface area contributed by atoms with E-state index in [2.05, 4.69) is 13.8 Å². The van der Waals surface area contributed by atoms with Crippen LogP contribution >= 0.6 is 0 Å². The van der Waals surface area contributed by atoms with E-state index in [1.165, 1.54) is 0 Å². The van der Waals surface area contributed by atoms with Crippen LogP contribution in [0, 0.1) is 46.3 Å². The molecule has 4 aliphatic rings. The standard InChI is InChI=1S/C26H40F6O2/c1-15(4-9-21(33)25(27,28)29)18-7-8-19-17-6-5-16-14-24(34,26(30,31)32)13-12-22(16,2)20(17)10-11-23(18,19)3/h15-21,33-34H,4-14H2,1-3H3/t15-,16+,17+,18-,19+,20+,21?,22+,23-,24+/m1/s1. The highest BCUT2D eigenvalue weighted by atomic mass is 19.4. The summed E-state index contributed by atoms with van der Waals surface area (Å²) >= 11 is 0. The van der Waals surface area contributed by atoms with Crippen molar-refractivity contribution in [2.45, 2.75) is 115 Å². The molecule has 0 aromatic rings. The largest absolute Gasteiger partial charge is 0.417 e. The second-order valence-corrected chi connectivity index (χ2v) is 12.7. The number of halogens is 6. The van der Waals surface area contributed by atoms with Crippen LogP contribution in [0.3, 0.4) is 0 Å². The minimum absolute atomic E-state index is 0.0360. The number of fused-ring (bicyclic) bond motifs is 5. The summed E-state index contributed by atoms with van der Waals surface area (Å²) in [4.78, 5) is 0. The number of aliphatic hydroxyl groups is 2. The molecule has 0 aliphatic heterocycles. The van der Waals surface area contributed by atoms with E-state index < -0.39 is 24.1 Å². The number of hydrogen-bond acceptors (Lipinski definition) is 2. The van der Waals surface area contributed by atoms with Crippen LogP contribution in [-0.4, -0.2) is 34.3 Å². The fraction of sp³-hybridized carbons (Fsp3) is 1.00. The van der Waals surface area contributed by atoms with Gasteiger partial charge in [-0.3, -0.25) is 0 Å². The van der Waals surface area contributed by atoms with E-state index in [0.29, 0.717) is 42.9 Å². The van der Waals surface area contributed by atoms with Gasteiger partial charge in [-0.15, -0.1) is 0 Å². The van der Waals surface area contributed by atoms with Crippen molar-refractivity contribution in [1.82, 2.24) is 0 Å². The first-order valence-electron chi connectivity index (χ1n) is 13.1. The summed E-state index contributed by atoms with van der Waals surface area (Å²) in [6.45, 7) is 6.46. The summed E-state index contributed by atoms with van der Waals surface area (Å²) in [5.74, 6) is 1.52. The summed E-state index contributed by atoms with van der Waals surface area (Å²) in [5, 5.41) is 19.8. The van der Waals surface area contributed by atoms with Gasteiger partial charge in [-0.05, 0) is 117 Å². The molecule has 0 radical (unpaired) electrons. The maximum Gasteiger partial charge on any atom is 0.417 e. The first-order valence-corrected chi connectivity index (χ1v) is 13.1. The van der Waals surface area contributed by atoms with Gasteiger partial charge < -0.3 is 10.2 Å². The minimum atomic E-state index is -4.59. The molecule has 4 saturated carbocycles. The third-order valence-corrected chi connectivity index (χ3v) is 11.3. The quantitative estimate of drug-likeness (QED) is 0.400. The van der Waals surface area contributed by atoms with E-state index in [-0.39, 0.29) is 41.9 Å². The van der Waals surface area contributed by atoms with Crippen molar-refractivity contribution in [3.8, 4) is 0 Å². The molecule has 2 N–H and O–H groups in total. The van der Waals surface area contributed by atoms with E-state index >= 15 is 0 Å². The zero-order valence-corrected chi connectivity index (χ0v) is 20.5. The molecule has 1 unspecified atom stereocenters. The van der Waals surface area contributed by atoms with Gasteiger partial charge in [0.25, 0.3) is 0 Å². The van der Waals surface area contributed by atoms with Gasteiger partial charge in [0, 0.05) is 0 Å². The van der Waals surface area contributed by atoms with Crippen LogP contribution in [-0.2, 0) is 0 Å². The second-order valence-electron chi connectivity index (χ2n) is 12.7. The van der Waals surface area contributed by atoms with E-state index in [1.54, 1.807) is 0 Å². The Labute approximate surface area is 198 Å². The van der Waals surface area contributed by atoms with Crippen molar-refractivity contribution < 1.29 is 36.6 Å². The van der Waals surface area contributed by atoms with E-state index in [4.69, 9.17) is 0 Å². The van der Waals surface area contributed by atoms with Crippen LogP contribution in [0.25, 0.3) is 0 Å². The van der Waals surface area contributed by atoms with Crippen LogP contribution in [0.2, 0.25) is 0 Å². The summed E-state index contributed by atoms with van der Waals surface area (Å²) in [5.41, 5.74) is -2.72. The molecule has 0 bridgehead atoms. The normalized spacial score (nSPS) is 46.9. The summed E-state index contributed by atoms with van der Waals surface area (Å²) < 4.78 is 78.9. The summed E-state index contributed by atoms with van der Waals surface area (Å²) in [7, 11) is 0. The summed E-state index contributed by atoms with van der Waals surface area (Å²) in [6.07, 6.45) is -5.89. The molecule has 0 amide bonds. The molecule has 0 spiro atoms. The highest BCUT2D eigenvalue weighted by molar-refractivity contribution is 5.11. The number of hydrogen-bond donors (Lipinski definition) is 2. The maximum absolute atomic E-state index is 13.5. The monoisotopic (exact) mass is 498 g/mol. The Morgan fingerprint density at radius 1 is 0.824 bits per heavy atom. The van der Waals surface area contributed by atoms with Gasteiger partial charge in [-0.25, -0.2) is 0 Å². The van der Waals surface area contributed by atoms with Crippen LogP contribution < -0.4 is 0 Å². The molecule has 2 nitrogen and oxygen atoms in total. The topological polar surface area (TPSA) is 40.5 Å². The van der Waals surface area contributed by atoms with Gasteiger partial charge in [0.05, 0.1) is 0 Å². The average Bonchev–Trinajstić information content (AvgIpc) is 3.08. The highest BCUT2D eigenvalue weighted by Crippen LogP contribution is 2.69. The van der Waals surface area contributed by atoms with Crippen LogP contribution in [0.5, 0.6) is 0 Å². The molecule has 4 aliphatic carbocycles. The average molecular weight is 499 g/mol. The van der Waals surface area contributed by atoms with Gasteiger partial charge in [-0.1, -0.05) is 20.8 Å². The van der Waals surface area contributed by atoms with E-state index in [0.717, 1.165) is 32.1 Å². The summed E-state index contributed by atoms with van der Waals surface area (Å²) in [6, 6.07) is 0. The predicted molar refractivity (Wildman–Crippen MR) is 117 cm³/mol. The van der Waals surface area contributed by atoms with E-state index in [9.17, 15) is 36.6 Å². The molecule has 198 valence electrons. The Hall–Kier alpha value is -0.500. The van der Waals surface area contributed by atoms with Crippen molar-refractivity contribution in [2.24, 2.45) is 46.3 Å². The Morgan fingerprint density at radius 3 is 2.09 bits per heavy atom. The lowest BCUT2D eigenvalue weighted by Crippen LogP contribution is -2.59. The molecule has 4 fully saturated rings. The van der Waals surface area contributed by atoms with Crippen LogP contribution in [0.15, 0.2) is 0 Å². The smallest absolute Gasteiger partial charge is 0.384 e. The van der Waals surface area contributed by atoms with Gasteiger partial charge >= 0.3 is 12.4 Å². The number of aliphatic hydroxyl groups excluding tert-OH is 1. The molecule has 0 saturated heterocycles.